The summed E-state index contributed by atoms with van der Waals surface area (Å²) in [5.74, 6) is 0. The van der Waals surface area contributed by atoms with Crippen molar-refractivity contribution in [3.8, 4) is 0 Å². The van der Waals surface area contributed by atoms with E-state index in [-0.39, 0.29) is 5.38 Å². The number of rotatable bonds is 4. The Balaban J connectivity index is 2.07. The smallest absolute Gasteiger partial charge is 0.132 e. The lowest BCUT2D eigenvalue weighted by Gasteiger charge is -2.32. The van der Waals surface area contributed by atoms with Crippen LogP contribution in [0.25, 0.3) is 0 Å². The van der Waals surface area contributed by atoms with Gasteiger partial charge in [-0.05, 0) is 43.8 Å². The molecule has 0 aromatic heterocycles. The standard InChI is InChI=1S/C19H23ClN2O/c1-21(2)12-11-19(23)22-17-9-5-3-7-14(17)13-16(20)15-8-4-6-10-18(15)22/h3-10,16,19,23H,11-13H2,1-2H3. The largest absolute Gasteiger partial charge is 0.373 e. The molecule has 0 bridgehead atoms. The fourth-order valence-electron chi connectivity index (χ4n) is 3.15. The summed E-state index contributed by atoms with van der Waals surface area (Å²) in [6, 6.07) is 16.3. The highest BCUT2D eigenvalue weighted by Gasteiger charge is 2.28. The fraction of sp³-hybridized carbons (Fsp3) is 0.368. The molecule has 4 heteroatoms. The minimum Gasteiger partial charge on any atom is -0.373 e. The van der Waals surface area contributed by atoms with Gasteiger partial charge in [-0.3, -0.25) is 0 Å². The molecule has 1 heterocycles. The van der Waals surface area contributed by atoms with Gasteiger partial charge in [0, 0.05) is 24.3 Å². The van der Waals surface area contributed by atoms with Gasteiger partial charge in [0.2, 0.25) is 0 Å². The van der Waals surface area contributed by atoms with E-state index in [0.717, 1.165) is 29.9 Å². The van der Waals surface area contributed by atoms with Crippen molar-refractivity contribution in [2.45, 2.75) is 24.4 Å². The summed E-state index contributed by atoms with van der Waals surface area (Å²) in [6.07, 6.45) is 0.857. The van der Waals surface area contributed by atoms with Gasteiger partial charge in [-0.15, -0.1) is 11.6 Å². The van der Waals surface area contributed by atoms with Gasteiger partial charge in [-0.1, -0.05) is 36.4 Å². The van der Waals surface area contributed by atoms with Crippen molar-refractivity contribution < 1.29 is 5.11 Å². The van der Waals surface area contributed by atoms with Crippen molar-refractivity contribution in [2.24, 2.45) is 0 Å². The van der Waals surface area contributed by atoms with Gasteiger partial charge < -0.3 is 14.9 Å². The molecule has 1 aliphatic rings. The normalized spacial score (nSPS) is 18.3. The van der Waals surface area contributed by atoms with Crippen LogP contribution in [0.2, 0.25) is 0 Å². The second-order valence-corrected chi connectivity index (χ2v) is 6.83. The summed E-state index contributed by atoms with van der Waals surface area (Å²) >= 11 is 6.66. The molecule has 2 aromatic carbocycles. The molecule has 2 aromatic rings. The molecule has 1 aliphatic heterocycles. The van der Waals surface area contributed by atoms with Crippen LogP contribution in [0.5, 0.6) is 0 Å². The molecule has 2 atom stereocenters. The van der Waals surface area contributed by atoms with Crippen LogP contribution in [0.3, 0.4) is 0 Å². The van der Waals surface area contributed by atoms with E-state index >= 15 is 0 Å². The van der Waals surface area contributed by atoms with Crippen LogP contribution in [0, 0.1) is 0 Å². The maximum Gasteiger partial charge on any atom is 0.132 e. The number of halogens is 1. The molecule has 0 radical (unpaired) electrons. The third-order valence-corrected chi connectivity index (χ3v) is 4.71. The summed E-state index contributed by atoms with van der Waals surface area (Å²) in [7, 11) is 4.04. The number of para-hydroxylation sites is 2. The molecule has 23 heavy (non-hydrogen) atoms. The van der Waals surface area contributed by atoms with Crippen molar-refractivity contribution in [3.05, 3.63) is 59.7 Å². The number of aliphatic hydroxyl groups is 1. The fourth-order valence-corrected chi connectivity index (χ4v) is 3.50. The van der Waals surface area contributed by atoms with Gasteiger partial charge in [0.05, 0.1) is 5.38 Å². The van der Waals surface area contributed by atoms with Crippen LogP contribution in [-0.4, -0.2) is 36.9 Å². The molecule has 0 aliphatic carbocycles. The van der Waals surface area contributed by atoms with Crippen molar-refractivity contribution in [1.82, 2.24) is 4.90 Å². The first kappa shape index (κ1) is 16.3. The maximum atomic E-state index is 10.9. The van der Waals surface area contributed by atoms with E-state index < -0.39 is 6.23 Å². The number of anilines is 2. The lowest BCUT2D eigenvalue weighted by molar-refractivity contribution is 0.157. The molecule has 0 fully saturated rings. The highest BCUT2D eigenvalue weighted by molar-refractivity contribution is 6.21. The molecule has 0 amide bonds. The van der Waals surface area contributed by atoms with Crippen LogP contribution in [0.4, 0.5) is 11.4 Å². The van der Waals surface area contributed by atoms with Gasteiger partial charge in [0.15, 0.2) is 0 Å². The average molecular weight is 331 g/mol. The SMILES string of the molecule is CN(C)CCC(O)N1c2ccccc2CC(Cl)c2ccccc21. The summed E-state index contributed by atoms with van der Waals surface area (Å²) < 4.78 is 0. The lowest BCUT2D eigenvalue weighted by Crippen LogP contribution is -2.34. The second-order valence-electron chi connectivity index (χ2n) is 6.30. The predicted molar refractivity (Wildman–Crippen MR) is 96.5 cm³/mol. The Morgan fingerprint density at radius 2 is 1.78 bits per heavy atom. The van der Waals surface area contributed by atoms with Crippen LogP contribution >= 0.6 is 11.6 Å². The summed E-state index contributed by atoms with van der Waals surface area (Å²) in [4.78, 5) is 4.12. The molecular weight excluding hydrogens is 308 g/mol. The van der Waals surface area contributed by atoms with E-state index in [1.54, 1.807) is 0 Å². The summed E-state index contributed by atoms with van der Waals surface area (Å²) in [6.45, 7) is 0.826. The van der Waals surface area contributed by atoms with E-state index in [4.69, 9.17) is 11.6 Å². The molecule has 0 saturated heterocycles. The zero-order chi connectivity index (χ0) is 16.4. The van der Waals surface area contributed by atoms with E-state index in [9.17, 15) is 5.11 Å². The minimum atomic E-state index is -0.582. The number of fused-ring (bicyclic) bond motifs is 2. The van der Waals surface area contributed by atoms with Gasteiger partial charge in [-0.2, -0.15) is 0 Å². The van der Waals surface area contributed by atoms with Gasteiger partial charge in [0.1, 0.15) is 6.23 Å². The van der Waals surface area contributed by atoms with Crippen LogP contribution < -0.4 is 4.90 Å². The Bertz CT molecular complexity index is 674. The van der Waals surface area contributed by atoms with Crippen LogP contribution in [0.1, 0.15) is 22.9 Å². The summed E-state index contributed by atoms with van der Waals surface area (Å²) in [5, 5.41) is 10.8. The van der Waals surface area contributed by atoms with Crippen molar-refractivity contribution in [2.75, 3.05) is 25.5 Å². The third kappa shape index (κ3) is 3.37. The molecule has 122 valence electrons. The Morgan fingerprint density at radius 1 is 1.13 bits per heavy atom. The summed E-state index contributed by atoms with van der Waals surface area (Å²) in [5.41, 5.74) is 4.31. The van der Waals surface area contributed by atoms with Crippen molar-refractivity contribution in [1.29, 1.82) is 0 Å². The zero-order valence-corrected chi connectivity index (χ0v) is 14.4. The lowest BCUT2D eigenvalue weighted by atomic mass is 10.0. The molecule has 2 unspecified atom stereocenters. The Hall–Kier alpha value is -1.55. The molecule has 1 N–H and O–H groups in total. The molecule has 0 saturated carbocycles. The number of hydrogen-bond acceptors (Lipinski definition) is 3. The quantitative estimate of drug-likeness (QED) is 0.860. The van der Waals surface area contributed by atoms with Crippen molar-refractivity contribution in [3.63, 3.8) is 0 Å². The number of aliphatic hydroxyl groups excluding tert-OH is 1. The first-order valence-corrected chi connectivity index (χ1v) is 8.44. The van der Waals surface area contributed by atoms with E-state index in [0.29, 0.717) is 6.42 Å². The molecule has 3 nitrogen and oxygen atoms in total. The predicted octanol–water partition coefficient (Wildman–Crippen LogP) is 3.93. The third-order valence-electron chi connectivity index (χ3n) is 4.32. The van der Waals surface area contributed by atoms with Gasteiger partial charge in [0.25, 0.3) is 0 Å². The van der Waals surface area contributed by atoms with Crippen molar-refractivity contribution >= 4 is 23.0 Å². The Kier molecular flexibility index (Phi) is 4.90. The molecule has 3 rings (SSSR count). The number of benzene rings is 2. The maximum absolute atomic E-state index is 10.9. The van der Waals surface area contributed by atoms with Gasteiger partial charge >= 0.3 is 0 Å². The second kappa shape index (κ2) is 6.91. The first-order valence-electron chi connectivity index (χ1n) is 8.01. The topological polar surface area (TPSA) is 26.7 Å². The van der Waals surface area contributed by atoms with E-state index in [1.807, 2.05) is 49.3 Å². The minimum absolute atomic E-state index is 0.0848. The monoisotopic (exact) mass is 330 g/mol. The average Bonchev–Trinajstić information content (AvgIpc) is 2.67. The number of nitrogens with zero attached hydrogens (tertiary/aromatic N) is 2. The number of alkyl halides is 1. The molecular formula is C19H23ClN2O. The Morgan fingerprint density at radius 3 is 2.52 bits per heavy atom. The first-order chi connectivity index (χ1) is 11.1. The van der Waals surface area contributed by atoms with Gasteiger partial charge in [-0.25, -0.2) is 0 Å². The van der Waals surface area contributed by atoms with E-state index in [1.165, 1.54) is 5.56 Å². The highest BCUT2D eigenvalue weighted by Crippen LogP contribution is 2.43. The van der Waals surface area contributed by atoms with E-state index in [2.05, 4.69) is 23.1 Å². The molecule has 0 spiro atoms. The number of hydrogen-bond donors (Lipinski definition) is 1. The Labute approximate surface area is 143 Å². The zero-order valence-electron chi connectivity index (χ0n) is 13.6. The van der Waals surface area contributed by atoms with Crippen LogP contribution in [-0.2, 0) is 6.42 Å². The highest BCUT2D eigenvalue weighted by atomic mass is 35.5. The van der Waals surface area contributed by atoms with Crippen LogP contribution in [0.15, 0.2) is 48.5 Å².